The lowest BCUT2D eigenvalue weighted by Gasteiger charge is -2.06. The van der Waals surface area contributed by atoms with Crippen LogP contribution < -0.4 is 0 Å². The Morgan fingerprint density at radius 1 is 1.20 bits per heavy atom. The summed E-state index contributed by atoms with van der Waals surface area (Å²) in [5.74, 6) is 1.99. The van der Waals surface area contributed by atoms with Crippen LogP contribution in [0.4, 0.5) is 5.69 Å². The molecule has 2 heteroatoms. The number of rotatable bonds is 0. The zero-order chi connectivity index (χ0) is 6.81. The molecule has 1 radical (unpaired) electrons. The number of fused-ring (bicyclic) bond motifs is 1. The van der Waals surface area contributed by atoms with Gasteiger partial charge in [0.1, 0.15) is 0 Å². The van der Waals surface area contributed by atoms with E-state index in [0.717, 1.165) is 5.69 Å². The van der Waals surface area contributed by atoms with E-state index in [1.165, 1.54) is 4.90 Å². The normalized spacial score (nSPS) is 14.8. The van der Waals surface area contributed by atoms with Crippen LogP contribution in [0.1, 0.15) is 0 Å². The zero-order valence-corrected chi connectivity index (χ0v) is 6.14. The number of hydrogen-bond donors (Lipinski definition) is 0. The molecule has 1 aliphatic heterocycles. The summed E-state index contributed by atoms with van der Waals surface area (Å²) in [6.07, 6.45) is 1.83. The summed E-state index contributed by atoms with van der Waals surface area (Å²) in [5.41, 5.74) is 1.08. The molecule has 0 bridgehead atoms. The summed E-state index contributed by atoms with van der Waals surface area (Å²) in [4.78, 5) is 5.43. The molecule has 1 aromatic rings. The average Bonchev–Trinajstić information content (AvgIpc) is 2.05. The van der Waals surface area contributed by atoms with Crippen LogP contribution >= 0.6 is 11.8 Å². The number of benzene rings is 1. The van der Waals surface area contributed by atoms with E-state index < -0.39 is 0 Å². The topological polar surface area (TPSA) is 12.4 Å². The molecule has 1 aromatic carbocycles. The fourth-order valence-electron chi connectivity index (χ4n) is 0.878. The van der Waals surface area contributed by atoms with Gasteiger partial charge in [-0.25, -0.2) is 0 Å². The predicted octanol–water partition coefficient (Wildman–Crippen LogP) is 2.66. The Hall–Kier alpha value is -0.760. The van der Waals surface area contributed by atoms with Crippen molar-refractivity contribution in [2.45, 2.75) is 4.90 Å². The summed E-state index contributed by atoms with van der Waals surface area (Å²) in [5, 5.41) is 0. The van der Waals surface area contributed by atoms with E-state index in [-0.39, 0.29) is 0 Å². The minimum absolute atomic E-state index is 1.08. The van der Waals surface area contributed by atoms with E-state index in [9.17, 15) is 0 Å². The maximum atomic E-state index is 4.19. The Morgan fingerprint density at radius 3 is 3.00 bits per heavy atom. The first-order valence-electron chi connectivity index (χ1n) is 3.08. The Morgan fingerprint density at radius 2 is 2.10 bits per heavy atom. The van der Waals surface area contributed by atoms with Gasteiger partial charge < -0.3 is 0 Å². The molecule has 1 aliphatic rings. The third-order valence-corrected chi connectivity index (χ3v) is 2.19. The van der Waals surface area contributed by atoms with Crippen molar-refractivity contribution in [2.24, 2.45) is 4.99 Å². The van der Waals surface area contributed by atoms with Gasteiger partial charge in [-0.1, -0.05) is 12.1 Å². The predicted molar refractivity (Wildman–Crippen MR) is 44.8 cm³/mol. The van der Waals surface area contributed by atoms with Crippen molar-refractivity contribution in [1.82, 2.24) is 0 Å². The third kappa shape index (κ3) is 0.948. The van der Waals surface area contributed by atoms with Gasteiger partial charge in [0.15, 0.2) is 0 Å². The van der Waals surface area contributed by atoms with Gasteiger partial charge in [0.2, 0.25) is 0 Å². The summed E-state index contributed by atoms with van der Waals surface area (Å²) >= 11 is 1.71. The molecule has 49 valence electrons. The van der Waals surface area contributed by atoms with E-state index in [0.29, 0.717) is 0 Å². The van der Waals surface area contributed by atoms with Crippen LogP contribution in [0.2, 0.25) is 0 Å². The maximum absolute atomic E-state index is 4.19. The highest BCUT2D eigenvalue weighted by Gasteiger charge is 2.02. The molecule has 1 nitrogen and oxygen atoms in total. The van der Waals surface area contributed by atoms with Crippen molar-refractivity contribution >= 4 is 23.7 Å². The Bertz CT molecular complexity index is 268. The molecule has 2 rings (SSSR count). The molecule has 10 heavy (non-hydrogen) atoms. The van der Waals surface area contributed by atoms with Crippen LogP contribution in [-0.2, 0) is 0 Å². The summed E-state index contributed by atoms with van der Waals surface area (Å²) in [6, 6.07) is 8.13. The third-order valence-electron chi connectivity index (χ3n) is 1.33. The van der Waals surface area contributed by atoms with Gasteiger partial charge in [0.05, 0.1) is 11.4 Å². The second kappa shape index (κ2) is 2.46. The van der Waals surface area contributed by atoms with E-state index in [1.807, 2.05) is 30.2 Å². The Labute approximate surface area is 64.2 Å². The Kier molecular flexibility index (Phi) is 1.47. The van der Waals surface area contributed by atoms with E-state index >= 15 is 0 Å². The summed E-state index contributed by atoms with van der Waals surface area (Å²) in [6.45, 7) is 0. The lowest BCUT2D eigenvalue weighted by molar-refractivity contribution is 1.38. The van der Waals surface area contributed by atoms with Crippen molar-refractivity contribution < 1.29 is 0 Å². The number of aliphatic imine (C=N–C) groups is 1. The molecule has 0 aromatic heterocycles. The second-order valence-corrected chi connectivity index (χ2v) is 2.95. The van der Waals surface area contributed by atoms with Gasteiger partial charge in [0.25, 0.3) is 0 Å². The van der Waals surface area contributed by atoms with Gasteiger partial charge in [-0.2, -0.15) is 0 Å². The molecule has 0 saturated heterocycles. The SMILES string of the molecule is [CH]1C=Nc2ccccc2S1. The fraction of sp³-hybridized carbons (Fsp3) is 0. The maximum Gasteiger partial charge on any atom is 0.0762 e. The minimum atomic E-state index is 1.08. The summed E-state index contributed by atoms with van der Waals surface area (Å²) < 4.78 is 0. The van der Waals surface area contributed by atoms with Gasteiger partial charge in [-0.15, -0.1) is 11.8 Å². The number of para-hydroxylation sites is 1. The van der Waals surface area contributed by atoms with E-state index in [1.54, 1.807) is 11.8 Å². The molecule has 0 atom stereocenters. The highest BCUT2D eigenvalue weighted by molar-refractivity contribution is 8.02. The van der Waals surface area contributed by atoms with Gasteiger partial charge in [-0.3, -0.25) is 4.99 Å². The Balaban J connectivity index is 2.54. The molecular weight excluding hydrogens is 142 g/mol. The largest absolute Gasteiger partial charge is 0.259 e. The van der Waals surface area contributed by atoms with E-state index in [4.69, 9.17) is 0 Å². The average molecular weight is 148 g/mol. The van der Waals surface area contributed by atoms with Crippen LogP contribution in [0.25, 0.3) is 0 Å². The van der Waals surface area contributed by atoms with Crippen molar-refractivity contribution in [3.8, 4) is 0 Å². The van der Waals surface area contributed by atoms with Crippen LogP contribution in [0.3, 0.4) is 0 Å². The number of hydrogen-bond acceptors (Lipinski definition) is 2. The van der Waals surface area contributed by atoms with Gasteiger partial charge >= 0.3 is 0 Å². The van der Waals surface area contributed by atoms with Crippen molar-refractivity contribution in [1.29, 1.82) is 0 Å². The quantitative estimate of drug-likeness (QED) is 0.551. The monoisotopic (exact) mass is 148 g/mol. The first kappa shape index (κ1) is 5.98. The second-order valence-electron chi connectivity index (χ2n) is 2.00. The van der Waals surface area contributed by atoms with Crippen LogP contribution in [0.15, 0.2) is 34.2 Å². The van der Waals surface area contributed by atoms with Gasteiger partial charge in [0, 0.05) is 11.1 Å². The molecule has 0 aliphatic carbocycles. The first-order valence-corrected chi connectivity index (χ1v) is 3.96. The molecule has 0 fully saturated rings. The lowest BCUT2D eigenvalue weighted by atomic mass is 10.3. The lowest BCUT2D eigenvalue weighted by Crippen LogP contribution is -1.81. The van der Waals surface area contributed by atoms with Gasteiger partial charge in [-0.05, 0) is 12.1 Å². The molecule has 0 saturated carbocycles. The van der Waals surface area contributed by atoms with Crippen LogP contribution in [0, 0.1) is 5.75 Å². The fourth-order valence-corrected chi connectivity index (χ4v) is 1.54. The minimum Gasteiger partial charge on any atom is -0.259 e. The standard InChI is InChI=1S/C8H6NS/c1-2-4-8-7(3-1)9-5-6-10-8/h1-6H. The summed E-state index contributed by atoms with van der Waals surface area (Å²) in [7, 11) is 0. The highest BCUT2D eigenvalue weighted by atomic mass is 32.2. The molecule has 0 spiro atoms. The van der Waals surface area contributed by atoms with E-state index in [2.05, 4.69) is 11.1 Å². The molecule has 0 unspecified atom stereocenters. The molecular formula is C8H6NS. The van der Waals surface area contributed by atoms with Crippen LogP contribution in [0.5, 0.6) is 0 Å². The number of thioether (sulfide) groups is 1. The van der Waals surface area contributed by atoms with Crippen molar-refractivity contribution in [3.05, 3.63) is 30.0 Å². The number of nitrogens with zero attached hydrogens (tertiary/aromatic N) is 1. The van der Waals surface area contributed by atoms with Crippen molar-refractivity contribution in [3.63, 3.8) is 0 Å². The molecule has 1 heterocycles. The smallest absolute Gasteiger partial charge is 0.0762 e. The van der Waals surface area contributed by atoms with Crippen molar-refractivity contribution in [2.75, 3.05) is 0 Å². The van der Waals surface area contributed by atoms with Crippen LogP contribution in [-0.4, -0.2) is 6.21 Å². The first-order chi connectivity index (χ1) is 4.97. The molecule has 0 amide bonds. The highest BCUT2D eigenvalue weighted by Crippen LogP contribution is 2.33. The molecule has 0 N–H and O–H groups in total. The zero-order valence-electron chi connectivity index (χ0n) is 5.32.